The van der Waals surface area contributed by atoms with E-state index in [4.69, 9.17) is 9.47 Å². The van der Waals surface area contributed by atoms with E-state index in [0.717, 1.165) is 38.4 Å². The van der Waals surface area contributed by atoms with Crippen LogP contribution in [0.1, 0.15) is 15.9 Å². The zero-order chi connectivity index (χ0) is 22.3. The van der Waals surface area contributed by atoms with Crippen LogP contribution in [-0.2, 0) is 6.54 Å². The number of para-hydroxylation sites is 1. The lowest BCUT2D eigenvalue weighted by molar-refractivity contribution is 0.102. The van der Waals surface area contributed by atoms with E-state index in [0.29, 0.717) is 17.1 Å². The Morgan fingerprint density at radius 1 is 0.844 bits per heavy atom. The number of carbonyl (C=O) groups is 1. The highest BCUT2D eigenvalue weighted by molar-refractivity contribution is 6.06. The van der Waals surface area contributed by atoms with Gasteiger partial charge in [-0.3, -0.25) is 9.69 Å². The first kappa shape index (κ1) is 21.7. The third-order valence-electron chi connectivity index (χ3n) is 5.76. The van der Waals surface area contributed by atoms with Gasteiger partial charge in [-0.1, -0.05) is 36.4 Å². The standard InChI is InChI=1S/C26H29N3O3/c1-31-24-10-6-9-23(25(24)32-2)26(30)27-21-11-13-22(14-12-21)29-17-15-28(16-18-29)19-20-7-4-3-5-8-20/h3-14H,15-19H2,1-2H3,(H,27,30). The van der Waals surface area contributed by atoms with E-state index < -0.39 is 0 Å². The van der Waals surface area contributed by atoms with E-state index in [9.17, 15) is 4.79 Å². The average Bonchev–Trinajstić information content (AvgIpc) is 2.85. The van der Waals surface area contributed by atoms with Crippen molar-refractivity contribution in [2.75, 3.05) is 50.6 Å². The Kier molecular flexibility index (Phi) is 6.92. The number of methoxy groups -OCH3 is 2. The number of carbonyl (C=O) groups excluding carboxylic acids is 1. The number of rotatable bonds is 7. The monoisotopic (exact) mass is 431 g/mol. The summed E-state index contributed by atoms with van der Waals surface area (Å²) in [5, 5.41) is 2.95. The largest absolute Gasteiger partial charge is 0.493 e. The average molecular weight is 432 g/mol. The number of amides is 1. The minimum Gasteiger partial charge on any atom is -0.493 e. The Morgan fingerprint density at radius 3 is 2.22 bits per heavy atom. The minimum absolute atomic E-state index is 0.233. The smallest absolute Gasteiger partial charge is 0.259 e. The molecule has 1 saturated heterocycles. The number of piperazine rings is 1. The number of ether oxygens (including phenoxy) is 2. The van der Waals surface area contributed by atoms with Gasteiger partial charge in [0.15, 0.2) is 11.5 Å². The molecule has 0 unspecified atom stereocenters. The minimum atomic E-state index is -0.233. The molecule has 0 saturated carbocycles. The maximum absolute atomic E-state index is 12.8. The van der Waals surface area contributed by atoms with E-state index in [1.165, 1.54) is 18.4 Å². The summed E-state index contributed by atoms with van der Waals surface area (Å²) >= 11 is 0. The molecular formula is C26H29N3O3. The molecule has 32 heavy (non-hydrogen) atoms. The summed E-state index contributed by atoms with van der Waals surface area (Å²) in [5.41, 5.74) is 3.70. The highest BCUT2D eigenvalue weighted by Crippen LogP contribution is 2.31. The van der Waals surface area contributed by atoms with E-state index >= 15 is 0 Å². The Balaban J connectivity index is 1.34. The topological polar surface area (TPSA) is 54.0 Å². The van der Waals surface area contributed by atoms with E-state index in [1.807, 2.05) is 12.1 Å². The van der Waals surface area contributed by atoms with Crippen molar-refractivity contribution >= 4 is 17.3 Å². The van der Waals surface area contributed by atoms with Crippen molar-refractivity contribution in [1.82, 2.24) is 4.90 Å². The van der Waals surface area contributed by atoms with Gasteiger partial charge < -0.3 is 19.7 Å². The highest BCUT2D eigenvalue weighted by Gasteiger charge is 2.19. The van der Waals surface area contributed by atoms with Gasteiger partial charge in [0.25, 0.3) is 5.91 Å². The number of anilines is 2. The zero-order valence-corrected chi connectivity index (χ0v) is 18.6. The quantitative estimate of drug-likeness (QED) is 0.605. The van der Waals surface area contributed by atoms with Gasteiger partial charge in [0.2, 0.25) is 0 Å². The molecule has 1 aliphatic heterocycles. The summed E-state index contributed by atoms with van der Waals surface area (Å²) in [7, 11) is 3.09. The zero-order valence-electron chi connectivity index (χ0n) is 18.6. The van der Waals surface area contributed by atoms with Gasteiger partial charge >= 0.3 is 0 Å². The molecule has 0 aliphatic carbocycles. The van der Waals surface area contributed by atoms with E-state index in [1.54, 1.807) is 25.3 Å². The van der Waals surface area contributed by atoms with Crippen molar-refractivity contribution < 1.29 is 14.3 Å². The molecule has 0 bridgehead atoms. The van der Waals surface area contributed by atoms with Gasteiger partial charge in [0, 0.05) is 44.1 Å². The molecule has 0 spiro atoms. The summed E-state index contributed by atoms with van der Waals surface area (Å²) in [6, 6.07) is 23.9. The van der Waals surface area contributed by atoms with Gasteiger partial charge in [-0.05, 0) is 42.0 Å². The van der Waals surface area contributed by atoms with Crippen LogP contribution in [-0.4, -0.2) is 51.2 Å². The predicted molar refractivity (Wildman–Crippen MR) is 128 cm³/mol. The van der Waals surface area contributed by atoms with Gasteiger partial charge in [0.05, 0.1) is 19.8 Å². The molecule has 6 nitrogen and oxygen atoms in total. The second-order valence-electron chi connectivity index (χ2n) is 7.79. The van der Waals surface area contributed by atoms with Crippen molar-refractivity contribution in [3.63, 3.8) is 0 Å². The molecule has 1 fully saturated rings. The Bertz CT molecular complexity index is 1030. The molecule has 0 aromatic heterocycles. The van der Waals surface area contributed by atoms with Crippen LogP contribution in [0.4, 0.5) is 11.4 Å². The summed E-state index contributed by atoms with van der Waals surface area (Å²) < 4.78 is 10.7. The van der Waals surface area contributed by atoms with Gasteiger partial charge in [0.1, 0.15) is 0 Å². The van der Waals surface area contributed by atoms with Crippen LogP contribution in [0.2, 0.25) is 0 Å². The van der Waals surface area contributed by atoms with Crippen LogP contribution < -0.4 is 19.7 Å². The number of benzene rings is 3. The fourth-order valence-electron chi connectivity index (χ4n) is 4.03. The van der Waals surface area contributed by atoms with Gasteiger partial charge in [-0.2, -0.15) is 0 Å². The normalized spacial score (nSPS) is 14.1. The molecule has 0 radical (unpaired) electrons. The summed E-state index contributed by atoms with van der Waals surface area (Å²) in [4.78, 5) is 17.6. The number of nitrogens with zero attached hydrogens (tertiary/aromatic N) is 2. The maximum Gasteiger partial charge on any atom is 0.259 e. The molecule has 1 N–H and O–H groups in total. The van der Waals surface area contributed by atoms with Gasteiger partial charge in [-0.15, -0.1) is 0 Å². The Labute approximate surface area is 189 Å². The lowest BCUT2D eigenvalue weighted by Gasteiger charge is -2.36. The summed E-state index contributed by atoms with van der Waals surface area (Å²) in [5.74, 6) is 0.724. The predicted octanol–water partition coefficient (Wildman–Crippen LogP) is 4.28. The number of hydrogen-bond donors (Lipinski definition) is 1. The third-order valence-corrected chi connectivity index (χ3v) is 5.76. The first-order valence-electron chi connectivity index (χ1n) is 10.8. The maximum atomic E-state index is 12.8. The molecule has 4 rings (SSSR count). The van der Waals surface area contributed by atoms with Gasteiger partial charge in [-0.25, -0.2) is 0 Å². The molecule has 3 aromatic carbocycles. The molecule has 6 heteroatoms. The third kappa shape index (κ3) is 5.03. The molecule has 1 heterocycles. The Hall–Kier alpha value is -3.51. The first-order valence-corrected chi connectivity index (χ1v) is 10.8. The van der Waals surface area contributed by atoms with E-state index in [2.05, 4.69) is 57.6 Å². The van der Waals surface area contributed by atoms with Crippen LogP contribution >= 0.6 is 0 Å². The molecule has 0 atom stereocenters. The van der Waals surface area contributed by atoms with Crippen LogP contribution in [0.15, 0.2) is 72.8 Å². The van der Waals surface area contributed by atoms with Crippen molar-refractivity contribution in [3.8, 4) is 11.5 Å². The molecule has 1 amide bonds. The summed E-state index contributed by atoms with van der Waals surface area (Å²) in [6.45, 7) is 5.03. The van der Waals surface area contributed by atoms with Crippen molar-refractivity contribution in [2.24, 2.45) is 0 Å². The Morgan fingerprint density at radius 2 is 1.56 bits per heavy atom. The molecule has 166 valence electrons. The first-order chi connectivity index (χ1) is 15.7. The lowest BCUT2D eigenvalue weighted by atomic mass is 10.1. The molecular weight excluding hydrogens is 402 g/mol. The second kappa shape index (κ2) is 10.2. The van der Waals surface area contributed by atoms with Crippen molar-refractivity contribution in [2.45, 2.75) is 6.54 Å². The van der Waals surface area contributed by atoms with Crippen LogP contribution in [0.5, 0.6) is 11.5 Å². The fourth-order valence-corrected chi connectivity index (χ4v) is 4.03. The van der Waals surface area contributed by atoms with Crippen LogP contribution in [0.25, 0.3) is 0 Å². The van der Waals surface area contributed by atoms with E-state index in [-0.39, 0.29) is 5.91 Å². The van der Waals surface area contributed by atoms with Crippen molar-refractivity contribution in [3.05, 3.63) is 83.9 Å². The molecule has 1 aliphatic rings. The highest BCUT2D eigenvalue weighted by atomic mass is 16.5. The van der Waals surface area contributed by atoms with Crippen LogP contribution in [0, 0.1) is 0 Å². The number of nitrogens with one attached hydrogen (secondary N) is 1. The second-order valence-corrected chi connectivity index (χ2v) is 7.79. The fraction of sp³-hybridized carbons (Fsp3) is 0.269. The molecule has 3 aromatic rings. The lowest BCUT2D eigenvalue weighted by Crippen LogP contribution is -2.45. The number of hydrogen-bond acceptors (Lipinski definition) is 5. The van der Waals surface area contributed by atoms with Crippen molar-refractivity contribution in [1.29, 1.82) is 0 Å². The SMILES string of the molecule is COc1cccc(C(=O)Nc2ccc(N3CCN(Cc4ccccc4)CC3)cc2)c1OC. The summed E-state index contributed by atoms with van der Waals surface area (Å²) in [6.07, 6.45) is 0. The van der Waals surface area contributed by atoms with Crippen LogP contribution in [0.3, 0.4) is 0 Å².